The molecule has 1 aliphatic heterocycles. The van der Waals surface area contributed by atoms with Gasteiger partial charge in [-0.25, -0.2) is 9.37 Å². The minimum atomic E-state index is -0.520. The fraction of sp³-hybridized carbons (Fsp3) is 0.158. The van der Waals surface area contributed by atoms with Crippen LogP contribution in [0.5, 0.6) is 11.5 Å². The lowest BCUT2D eigenvalue weighted by molar-refractivity contribution is 0.0940. The van der Waals surface area contributed by atoms with Crippen molar-refractivity contribution in [3.63, 3.8) is 0 Å². The van der Waals surface area contributed by atoms with Crippen LogP contribution in [0.3, 0.4) is 0 Å². The van der Waals surface area contributed by atoms with Gasteiger partial charge in [-0.3, -0.25) is 4.79 Å². The molecule has 4 rings (SSSR count). The number of rotatable bonds is 4. The molecule has 0 unspecified atom stereocenters. The van der Waals surface area contributed by atoms with Gasteiger partial charge in [-0.2, -0.15) is 0 Å². The van der Waals surface area contributed by atoms with Gasteiger partial charge in [-0.1, -0.05) is 12.1 Å². The molecule has 1 aromatic heterocycles. The summed E-state index contributed by atoms with van der Waals surface area (Å²) < 4.78 is 25.7. The number of hydrogen-bond donors (Lipinski definition) is 1. The highest BCUT2D eigenvalue weighted by molar-refractivity contribution is 5.95. The summed E-state index contributed by atoms with van der Waals surface area (Å²) in [7, 11) is 1.84. The van der Waals surface area contributed by atoms with Crippen molar-refractivity contribution in [2.45, 2.75) is 6.04 Å². The Labute approximate surface area is 149 Å². The Morgan fingerprint density at radius 2 is 1.96 bits per heavy atom. The van der Waals surface area contributed by atoms with Crippen molar-refractivity contribution in [2.75, 3.05) is 6.79 Å². The molecule has 0 saturated heterocycles. The van der Waals surface area contributed by atoms with Gasteiger partial charge in [0.15, 0.2) is 11.5 Å². The van der Waals surface area contributed by atoms with Gasteiger partial charge in [0.25, 0.3) is 5.91 Å². The van der Waals surface area contributed by atoms with Crippen molar-refractivity contribution in [3.05, 3.63) is 77.6 Å². The first-order valence-corrected chi connectivity index (χ1v) is 8.05. The normalized spacial score (nSPS) is 13.5. The van der Waals surface area contributed by atoms with E-state index in [0.29, 0.717) is 22.9 Å². The molecule has 7 heteroatoms. The summed E-state index contributed by atoms with van der Waals surface area (Å²) in [4.78, 5) is 17.1. The van der Waals surface area contributed by atoms with E-state index in [9.17, 15) is 9.18 Å². The average molecular weight is 353 g/mol. The largest absolute Gasteiger partial charge is 0.454 e. The zero-order chi connectivity index (χ0) is 18.1. The third kappa shape index (κ3) is 2.99. The Hall–Kier alpha value is -3.35. The molecule has 26 heavy (non-hydrogen) atoms. The standard InChI is InChI=1S/C19H16FN3O3/c1-23-9-8-21-18(23)17(12-2-5-14(20)6-3-12)22-19(24)13-4-7-15-16(10-13)26-11-25-15/h2-10,17H,11H2,1H3,(H,22,24)/t17-/m0/s1. The van der Waals surface area contributed by atoms with E-state index in [0.717, 1.165) is 5.56 Å². The van der Waals surface area contributed by atoms with Crippen LogP contribution in [0, 0.1) is 5.82 Å². The van der Waals surface area contributed by atoms with Crippen molar-refractivity contribution < 1.29 is 18.7 Å². The second-order valence-electron chi connectivity index (χ2n) is 5.92. The Kier molecular flexibility index (Phi) is 4.04. The molecule has 3 aromatic rings. The Bertz CT molecular complexity index is 953. The number of nitrogens with one attached hydrogen (secondary N) is 1. The van der Waals surface area contributed by atoms with Gasteiger partial charge in [-0.05, 0) is 35.9 Å². The van der Waals surface area contributed by atoms with E-state index in [-0.39, 0.29) is 18.5 Å². The van der Waals surface area contributed by atoms with Crippen LogP contribution in [0.15, 0.2) is 54.9 Å². The van der Waals surface area contributed by atoms with E-state index >= 15 is 0 Å². The molecule has 132 valence electrons. The fourth-order valence-corrected chi connectivity index (χ4v) is 2.86. The first kappa shape index (κ1) is 16.1. The van der Waals surface area contributed by atoms with E-state index in [4.69, 9.17) is 9.47 Å². The van der Waals surface area contributed by atoms with Crippen LogP contribution in [0.2, 0.25) is 0 Å². The number of aryl methyl sites for hydroxylation is 1. The third-order valence-electron chi connectivity index (χ3n) is 4.23. The predicted molar refractivity (Wildman–Crippen MR) is 91.5 cm³/mol. The monoisotopic (exact) mass is 353 g/mol. The SMILES string of the molecule is Cn1ccnc1[C@@H](NC(=O)c1ccc2c(c1)OCO2)c1ccc(F)cc1. The summed E-state index contributed by atoms with van der Waals surface area (Å²) in [6.45, 7) is 0.145. The maximum atomic E-state index is 13.3. The number of fused-ring (bicyclic) bond motifs is 1. The van der Waals surface area contributed by atoms with E-state index in [1.165, 1.54) is 12.1 Å². The summed E-state index contributed by atoms with van der Waals surface area (Å²) >= 11 is 0. The van der Waals surface area contributed by atoms with Gasteiger partial charge in [0.2, 0.25) is 6.79 Å². The van der Waals surface area contributed by atoms with Crippen molar-refractivity contribution in [3.8, 4) is 11.5 Å². The van der Waals surface area contributed by atoms with Crippen LogP contribution in [0.25, 0.3) is 0 Å². The number of nitrogens with zero attached hydrogens (tertiary/aromatic N) is 2. The first-order valence-electron chi connectivity index (χ1n) is 8.05. The number of ether oxygens (including phenoxy) is 2. The lowest BCUT2D eigenvalue weighted by Crippen LogP contribution is -2.31. The van der Waals surface area contributed by atoms with E-state index in [2.05, 4.69) is 10.3 Å². The Morgan fingerprint density at radius 3 is 2.69 bits per heavy atom. The number of aromatic nitrogens is 2. The highest BCUT2D eigenvalue weighted by Gasteiger charge is 2.23. The molecule has 1 atom stereocenters. The molecule has 0 fully saturated rings. The van der Waals surface area contributed by atoms with Crippen molar-refractivity contribution in [2.24, 2.45) is 7.05 Å². The molecule has 0 saturated carbocycles. The van der Waals surface area contributed by atoms with Gasteiger partial charge < -0.3 is 19.4 Å². The predicted octanol–water partition coefficient (Wildman–Crippen LogP) is 2.81. The van der Waals surface area contributed by atoms with E-state index < -0.39 is 6.04 Å². The number of amides is 1. The zero-order valence-electron chi connectivity index (χ0n) is 14.0. The molecule has 1 amide bonds. The highest BCUT2D eigenvalue weighted by Crippen LogP contribution is 2.32. The minimum absolute atomic E-state index is 0.145. The molecule has 6 nitrogen and oxygen atoms in total. The summed E-state index contributed by atoms with van der Waals surface area (Å²) in [5.41, 5.74) is 1.17. The lowest BCUT2D eigenvalue weighted by Gasteiger charge is -2.19. The number of halogens is 1. The van der Waals surface area contributed by atoms with Crippen LogP contribution in [0.1, 0.15) is 27.8 Å². The smallest absolute Gasteiger partial charge is 0.252 e. The van der Waals surface area contributed by atoms with E-state index in [1.54, 1.807) is 42.7 Å². The van der Waals surface area contributed by atoms with Crippen LogP contribution in [-0.2, 0) is 7.05 Å². The van der Waals surface area contributed by atoms with Crippen LogP contribution < -0.4 is 14.8 Å². The maximum Gasteiger partial charge on any atom is 0.252 e. The molecule has 1 aliphatic rings. The number of carbonyl (C=O) groups excluding carboxylic acids is 1. The van der Waals surface area contributed by atoms with Gasteiger partial charge in [0.05, 0.1) is 0 Å². The second-order valence-corrected chi connectivity index (χ2v) is 5.92. The minimum Gasteiger partial charge on any atom is -0.454 e. The average Bonchev–Trinajstić information content (AvgIpc) is 3.28. The summed E-state index contributed by atoms with van der Waals surface area (Å²) in [6, 6.07) is 10.5. The van der Waals surface area contributed by atoms with Gasteiger partial charge in [-0.15, -0.1) is 0 Å². The molecular weight excluding hydrogens is 337 g/mol. The fourth-order valence-electron chi connectivity index (χ4n) is 2.86. The number of carbonyl (C=O) groups is 1. The van der Waals surface area contributed by atoms with Gasteiger partial charge in [0.1, 0.15) is 17.7 Å². The second kappa shape index (κ2) is 6.51. The van der Waals surface area contributed by atoms with Crippen LogP contribution in [-0.4, -0.2) is 22.3 Å². The van der Waals surface area contributed by atoms with Crippen molar-refractivity contribution in [1.82, 2.24) is 14.9 Å². The van der Waals surface area contributed by atoms with Crippen molar-refractivity contribution in [1.29, 1.82) is 0 Å². The van der Waals surface area contributed by atoms with Crippen molar-refractivity contribution >= 4 is 5.91 Å². The first-order chi connectivity index (χ1) is 12.6. The summed E-state index contributed by atoms with van der Waals surface area (Å²) in [5, 5.41) is 2.96. The lowest BCUT2D eigenvalue weighted by atomic mass is 10.0. The molecule has 2 aromatic carbocycles. The number of imidazole rings is 1. The molecule has 0 radical (unpaired) electrons. The maximum absolute atomic E-state index is 13.3. The summed E-state index contributed by atoms with van der Waals surface area (Å²) in [6.07, 6.45) is 3.44. The Morgan fingerprint density at radius 1 is 1.19 bits per heavy atom. The van der Waals surface area contributed by atoms with Crippen LogP contribution >= 0.6 is 0 Å². The van der Waals surface area contributed by atoms with Crippen LogP contribution in [0.4, 0.5) is 4.39 Å². The molecule has 0 bridgehead atoms. The molecule has 0 spiro atoms. The third-order valence-corrected chi connectivity index (χ3v) is 4.23. The van der Waals surface area contributed by atoms with E-state index in [1.807, 2.05) is 11.6 Å². The van der Waals surface area contributed by atoms with Gasteiger partial charge in [0, 0.05) is 25.0 Å². The summed E-state index contributed by atoms with van der Waals surface area (Å²) in [5.74, 6) is 1.16. The molecule has 0 aliphatic carbocycles. The number of benzene rings is 2. The zero-order valence-corrected chi connectivity index (χ0v) is 14.0. The number of hydrogen-bond acceptors (Lipinski definition) is 4. The molecule has 1 N–H and O–H groups in total. The highest BCUT2D eigenvalue weighted by atomic mass is 19.1. The molecule has 2 heterocycles. The Balaban J connectivity index is 1.65. The van der Waals surface area contributed by atoms with Gasteiger partial charge >= 0.3 is 0 Å². The topological polar surface area (TPSA) is 65.4 Å². The quantitative estimate of drug-likeness (QED) is 0.783. The molecular formula is C19H16FN3O3.